The Morgan fingerprint density at radius 1 is 1.14 bits per heavy atom. The van der Waals surface area contributed by atoms with E-state index in [0.717, 1.165) is 50.7 Å². The average Bonchev–Trinajstić information content (AvgIpc) is 3.03. The van der Waals surface area contributed by atoms with Gasteiger partial charge in [0.25, 0.3) is 0 Å². The number of imidazole rings is 1. The summed E-state index contributed by atoms with van der Waals surface area (Å²) in [6, 6.07) is 7.23. The molecule has 0 spiro atoms. The summed E-state index contributed by atoms with van der Waals surface area (Å²) in [6.45, 7) is 12.4. The first-order valence-corrected chi connectivity index (χ1v) is 11.1. The maximum atomic E-state index is 6.75. The lowest BCUT2D eigenvalue weighted by Gasteiger charge is -2.38. The van der Waals surface area contributed by atoms with E-state index >= 15 is 0 Å². The maximum Gasteiger partial charge on any atom is 0.152 e. The fraction of sp³-hybridized carbons (Fsp3) is 0.609. The maximum absolute atomic E-state index is 6.75. The Bertz CT molecular complexity index is 788. The molecule has 0 radical (unpaired) electrons. The van der Waals surface area contributed by atoms with Crippen LogP contribution in [0.3, 0.4) is 0 Å². The summed E-state index contributed by atoms with van der Waals surface area (Å²) in [4.78, 5) is 7.35. The molecule has 160 valence electrons. The van der Waals surface area contributed by atoms with Gasteiger partial charge >= 0.3 is 0 Å². The molecule has 6 heteroatoms. The number of halogens is 1. The minimum absolute atomic E-state index is 0.346. The Balaban J connectivity index is 2.09. The molecule has 5 nitrogen and oxygen atoms in total. The van der Waals surface area contributed by atoms with Crippen molar-refractivity contribution in [2.24, 2.45) is 0 Å². The minimum Gasteiger partial charge on any atom is -0.383 e. The number of morpholine rings is 1. The van der Waals surface area contributed by atoms with Crippen molar-refractivity contribution in [3.05, 3.63) is 40.2 Å². The Morgan fingerprint density at radius 2 is 1.76 bits per heavy atom. The van der Waals surface area contributed by atoms with E-state index in [2.05, 4.69) is 55.4 Å². The smallest absolute Gasteiger partial charge is 0.152 e. The highest BCUT2D eigenvalue weighted by Crippen LogP contribution is 2.33. The summed E-state index contributed by atoms with van der Waals surface area (Å²) in [5, 5.41) is 0.593. The molecule has 0 saturated carbocycles. The SMILES string of the molecule is CCc1cccc(CC)c1-c1nc(Cl)c(CN2[C@H](C)COC[C@@H]2C)n1CCOC. The molecular weight excluding hydrogens is 386 g/mol. The van der Waals surface area contributed by atoms with Crippen LogP contribution >= 0.6 is 11.6 Å². The third-order valence-corrected chi connectivity index (χ3v) is 6.25. The summed E-state index contributed by atoms with van der Waals surface area (Å²) in [7, 11) is 1.74. The summed E-state index contributed by atoms with van der Waals surface area (Å²) >= 11 is 6.75. The van der Waals surface area contributed by atoms with E-state index in [1.165, 1.54) is 16.7 Å². The number of hydrogen-bond acceptors (Lipinski definition) is 4. The van der Waals surface area contributed by atoms with Crippen molar-refractivity contribution >= 4 is 11.6 Å². The van der Waals surface area contributed by atoms with Gasteiger partial charge in [-0.2, -0.15) is 0 Å². The lowest BCUT2D eigenvalue weighted by molar-refractivity contribution is -0.0419. The molecule has 1 aliphatic rings. The predicted molar refractivity (Wildman–Crippen MR) is 119 cm³/mol. The van der Waals surface area contributed by atoms with Gasteiger partial charge in [-0.15, -0.1) is 0 Å². The third kappa shape index (κ3) is 4.69. The lowest BCUT2D eigenvalue weighted by Crippen LogP contribution is -2.49. The summed E-state index contributed by atoms with van der Waals surface area (Å²) in [6.07, 6.45) is 1.93. The van der Waals surface area contributed by atoms with Crippen LogP contribution in [0.4, 0.5) is 0 Å². The molecular formula is C23H34ClN3O2. The van der Waals surface area contributed by atoms with Crippen molar-refractivity contribution in [3.63, 3.8) is 0 Å². The van der Waals surface area contributed by atoms with Gasteiger partial charge in [0.15, 0.2) is 5.15 Å². The average molecular weight is 420 g/mol. The standard InChI is InChI=1S/C23H34ClN3O2/c1-6-18-9-8-10-19(7-2)21(18)23-25-22(24)20(26(23)11-12-28-5)13-27-16(3)14-29-15-17(27)4/h8-10,16-17H,6-7,11-15H2,1-5H3/t16-,17+. The van der Waals surface area contributed by atoms with Crippen molar-refractivity contribution in [2.45, 2.75) is 65.7 Å². The molecule has 1 saturated heterocycles. The monoisotopic (exact) mass is 419 g/mol. The first-order chi connectivity index (χ1) is 14.0. The van der Waals surface area contributed by atoms with Crippen molar-refractivity contribution in [1.29, 1.82) is 0 Å². The van der Waals surface area contributed by atoms with Gasteiger partial charge in [-0.1, -0.05) is 43.6 Å². The Hall–Kier alpha value is -1.40. The van der Waals surface area contributed by atoms with E-state index in [1.807, 2.05) is 0 Å². The molecule has 29 heavy (non-hydrogen) atoms. The topological polar surface area (TPSA) is 39.5 Å². The van der Waals surface area contributed by atoms with Gasteiger partial charge in [-0.3, -0.25) is 4.90 Å². The molecule has 3 rings (SSSR count). The molecule has 0 aliphatic carbocycles. The van der Waals surface area contributed by atoms with Crippen LogP contribution in [0, 0.1) is 0 Å². The number of nitrogens with zero attached hydrogens (tertiary/aromatic N) is 3. The summed E-state index contributed by atoms with van der Waals surface area (Å²) < 4.78 is 13.4. The second-order valence-corrected chi connectivity index (χ2v) is 8.24. The van der Waals surface area contributed by atoms with Gasteiger partial charge in [0.1, 0.15) is 5.82 Å². The van der Waals surface area contributed by atoms with E-state index in [-0.39, 0.29) is 0 Å². The van der Waals surface area contributed by atoms with Crippen molar-refractivity contribution in [2.75, 3.05) is 26.9 Å². The largest absolute Gasteiger partial charge is 0.383 e. The van der Waals surface area contributed by atoms with Crippen LogP contribution in [0.25, 0.3) is 11.4 Å². The molecule has 0 N–H and O–H groups in total. The zero-order chi connectivity index (χ0) is 21.0. The van der Waals surface area contributed by atoms with Gasteiger partial charge in [0.2, 0.25) is 0 Å². The van der Waals surface area contributed by atoms with Gasteiger partial charge in [-0.05, 0) is 37.8 Å². The number of benzene rings is 1. The van der Waals surface area contributed by atoms with Gasteiger partial charge in [0.05, 0.1) is 25.5 Å². The van der Waals surface area contributed by atoms with Crippen molar-refractivity contribution in [3.8, 4) is 11.4 Å². The molecule has 0 unspecified atom stereocenters. The molecule has 2 heterocycles. The van der Waals surface area contributed by atoms with E-state index < -0.39 is 0 Å². The van der Waals surface area contributed by atoms with Crippen molar-refractivity contribution in [1.82, 2.24) is 14.5 Å². The number of ether oxygens (including phenoxy) is 2. The predicted octanol–water partition coefficient (Wildman–Crippen LogP) is 4.58. The molecule has 2 atom stereocenters. The van der Waals surface area contributed by atoms with E-state index in [1.54, 1.807) is 7.11 Å². The van der Waals surface area contributed by atoms with Crippen LogP contribution < -0.4 is 0 Å². The highest BCUT2D eigenvalue weighted by molar-refractivity contribution is 6.30. The van der Waals surface area contributed by atoms with Crippen LogP contribution in [0.2, 0.25) is 5.15 Å². The van der Waals surface area contributed by atoms with Crippen LogP contribution in [0.1, 0.15) is 44.5 Å². The van der Waals surface area contributed by atoms with Crippen molar-refractivity contribution < 1.29 is 9.47 Å². The number of methoxy groups -OCH3 is 1. The lowest BCUT2D eigenvalue weighted by atomic mass is 9.97. The van der Waals surface area contributed by atoms with Gasteiger partial charge < -0.3 is 14.0 Å². The molecule has 1 aliphatic heterocycles. The van der Waals surface area contributed by atoms with Gasteiger partial charge in [0, 0.05) is 37.8 Å². The van der Waals surface area contributed by atoms with E-state index in [9.17, 15) is 0 Å². The van der Waals surface area contributed by atoms with E-state index in [4.69, 9.17) is 26.1 Å². The highest BCUT2D eigenvalue weighted by atomic mass is 35.5. The zero-order valence-corrected chi connectivity index (χ0v) is 19.1. The van der Waals surface area contributed by atoms with Crippen LogP contribution in [-0.2, 0) is 35.4 Å². The normalized spacial score (nSPS) is 20.3. The van der Waals surface area contributed by atoms with Crippen LogP contribution in [-0.4, -0.2) is 53.5 Å². The molecule has 0 bridgehead atoms. The zero-order valence-electron chi connectivity index (χ0n) is 18.4. The second kappa shape index (κ2) is 10.1. The molecule has 1 aromatic heterocycles. The summed E-state index contributed by atoms with van der Waals surface area (Å²) in [5.41, 5.74) is 4.91. The molecule has 1 aromatic carbocycles. The Kier molecular flexibility index (Phi) is 7.74. The van der Waals surface area contributed by atoms with Crippen LogP contribution in [0.5, 0.6) is 0 Å². The quantitative estimate of drug-likeness (QED) is 0.627. The molecule has 0 amide bonds. The van der Waals surface area contributed by atoms with Crippen LogP contribution in [0.15, 0.2) is 18.2 Å². The molecule has 1 fully saturated rings. The third-order valence-electron chi connectivity index (χ3n) is 5.95. The Labute approximate surface area is 180 Å². The second-order valence-electron chi connectivity index (χ2n) is 7.88. The fourth-order valence-electron chi connectivity index (χ4n) is 4.27. The summed E-state index contributed by atoms with van der Waals surface area (Å²) in [5.74, 6) is 0.963. The number of rotatable bonds is 8. The number of aryl methyl sites for hydroxylation is 2. The Morgan fingerprint density at radius 3 is 2.31 bits per heavy atom. The minimum atomic E-state index is 0.346. The highest BCUT2D eigenvalue weighted by Gasteiger charge is 2.29. The molecule has 2 aromatic rings. The first-order valence-electron chi connectivity index (χ1n) is 10.7. The first kappa shape index (κ1) is 22.3. The number of hydrogen-bond donors (Lipinski definition) is 0. The van der Waals surface area contributed by atoms with E-state index in [0.29, 0.717) is 23.8 Å². The number of aromatic nitrogens is 2. The fourth-order valence-corrected chi connectivity index (χ4v) is 4.51. The van der Waals surface area contributed by atoms with Gasteiger partial charge in [-0.25, -0.2) is 4.98 Å².